The Bertz CT molecular complexity index is 965. The van der Waals surface area contributed by atoms with Gasteiger partial charge in [0.25, 0.3) is 11.8 Å². The predicted molar refractivity (Wildman–Crippen MR) is 109 cm³/mol. The van der Waals surface area contributed by atoms with Crippen molar-refractivity contribution in [3.63, 3.8) is 0 Å². The number of anilines is 1. The van der Waals surface area contributed by atoms with Gasteiger partial charge in [-0.15, -0.1) is 0 Å². The molecule has 2 aromatic carbocycles. The summed E-state index contributed by atoms with van der Waals surface area (Å²) in [6.07, 6.45) is 4.47. The molecule has 150 valence electrons. The monoisotopic (exact) mass is 392 g/mol. The quantitative estimate of drug-likeness (QED) is 0.781. The molecule has 29 heavy (non-hydrogen) atoms. The molecule has 2 N–H and O–H groups in total. The maximum Gasteiger partial charge on any atom is 0.339 e. The van der Waals surface area contributed by atoms with Gasteiger partial charge in [0.05, 0.1) is 16.8 Å². The van der Waals surface area contributed by atoms with Crippen molar-refractivity contribution in [2.75, 3.05) is 5.32 Å². The van der Waals surface area contributed by atoms with Crippen LogP contribution in [0.25, 0.3) is 0 Å². The summed E-state index contributed by atoms with van der Waals surface area (Å²) in [4.78, 5) is 38.1. The molecule has 2 amide bonds. The molecule has 2 aromatic rings. The number of hydrogen-bond acceptors (Lipinski definition) is 4. The molecular formula is C23H24N2O4. The first-order valence-electron chi connectivity index (χ1n) is 9.99. The summed E-state index contributed by atoms with van der Waals surface area (Å²) < 4.78 is 5.49. The molecule has 0 spiro atoms. The van der Waals surface area contributed by atoms with Crippen LogP contribution >= 0.6 is 0 Å². The van der Waals surface area contributed by atoms with Gasteiger partial charge in [-0.3, -0.25) is 9.59 Å². The molecule has 6 nitrogen and oxygen atoms in total. The Morgan fingerprint density at radius 1 is 1.03 bits per heavy atom. The minimum atomic E-state index is -1.35. The molecule has 0 aromatic heterocycles. The number of cyclic esters (lactones) is 1. The van der Waals surface area contributed by atoms with Crippen LogP contribution in [0, 0.1) is 0 Å². The molecule has 1 aliphatic carbocycles. The van der Waals surface area contributed by atoms with Crippen LogP contribution in [0.5, 0.6) is 0 Å². The van der Waals surface area contributed by atoms with E-state index >= 15 is 0 Å². The zero-order valence-corrected chi connectivity index (χ0v) is 16.4. The van der Waals surface area contributed by atoms with E-state index in [2.05, 4.69) is 10.6 Å². The van der Waals surface area contributed by atoms with Crippen molar-refractivity contribution in [2.45, 2.75) is 50.7 Å². The van der Waals surface area contributed by atoms with E-state index in [1.54, 1.807) is 43.3 Å². The molecule has 1 aliphatic heterocycles. The third-order valence-corrected chi connectivity index (χ3v) is 5.67. The number of nitrogens with one attached hydrogen (secondary N) is 2. The number of amides is 2. The maximum absolute atomic E-state index is 13.0. The first-order valence-corrected chi connectivity index (χ1v) is 9.99. The molecule has 6 heteroatoms. The molecule has 0 bridgehead atoms. The van der Waals surface area contributed by atoms with E-state index in [1.807, 2.05) is 12.1 Å². The van der Waals surface area contributed by atoms with E-state index in [1.165, 1.54) is 0 Å². The third kappa shape index (κ3) is 3.88. The summed E-state index contributed by atoms with van der Waals surface area (Å²) in [5.74, 6) is -1.18. The van der Waals surface area contributed by atoms with Crippen molar-refractivity contribution in [1.29, 1.82) is 0 Å². The Labute approximate surface area is 169 Å². The van der Waals surface area contributed by atoms with Crippen molar-refractivity contribution >= 4 is 23.5 Å². The van der Waals surface area contributed by atoms with E-state index in [-0.39, 0.29) is 18.4 Å². The van der Waals surface area contributed by atoms with Crippen LogP contribution in [0.3, 0.4) is 0 Å². The summed E-state index contributed by atoms with van der Waals surface area (Å²) in [5.41, 5.74) is 0.714. The van der Waals surface area contributed by atoms with Crippen LogP contribution in [0.2, 0.25) is 0 Å². The van der Waals surface area contributed by atoms with Gasteiger partial charge in [-0.2, -0.15) is 0 Å². The highest BCUT2D eigenvalue weighted by atomic mass is 16.6. The summed E-state index contributed by atoms with van der Waals surface area (Å²) in [6.45, 7) is 1.59. The maximum atomic E-state index is 13.0. The number of carbonyl (C=O) groups is 3. The molecule has 1 atom stereocenters. The molecule has 2 aliphatic rings. The average Bonchev–Trinajstić information content (AvgIpc) is 3.21. The predicted octanol–water partition coefficient (Wildman–Crippen LogP) is 3.47. The van der Waals surface area contributed by atoms with E-state index < -0.39 is 17.5 Å². The molecule has 1 fully saturated rings. The Kier molecular flexibility index (Phi) is 5.09. The minimum absolute atomic E-state index is 0.180. The Morgan fingerprint density at radius 2 is 1.72 bits per heavy atom. The summed E-state index contributed by atoms with van der Waals surface area (Å²) >= 11 is 0. The van der Waals surface area contributed by atoms with Gasteiger partial charge >= 0.3 is 5.97 Å². The largest absolute Gasteiger partial charge is 0.445 e. The van der Waals surface area contributed by atoms with Gasteiger partial charge in [0.2, 0.25) is 0 Å². The molecular weight excluding hydrogens is 368 g/mol. The van der Waals surface area contributed by atoms with Crippen LogP contribution in [0.1, 0.15) is 58.9 Å². The number of rotatable bonds is 4. The zero-order valence-electron chi connectivity index (χ0n) is 16.4. The number of carbonyl (C=O) groups excluding carboxylic acids is 3. The van der Waals surface area contributed by atoms with Crippen LogP contribution < -0.4 is 10.6 Å². The average molecular weight is 392 g/mol. The van der Waals surface area contributed by atoms with Gasteiger partial charge in [0.1, 0.15) is 0 Å². The van der Waals surface area contributed by atoms with Gasteiger partial charge < -0.3 is 15.4 Å². The fourth-order valence-corrected chi connectivity index (χ4v) is 4.04. The number of ether oxygens (including phenoxy) is 1. The van der Waals surface area contributed by atoms with E-state index in [0.717, 1.165) is 31.2 Å². The highest BCUT2D eigenvalue weighted by Gasteiger charge is 2.42. The highest BCUT2D eigenvalue weighted by Crippen LogP contribution is 2.30. The second kappa shape index (κ2) is 7.70. The Hall–Kier alpha value is -3.15. The van der Waals surface area contributed by atoms with E-state index in [4.69, 9.17) is 4.74 Å². The smallest absolute Gasteiger partial charge is 0.339 e. The zero-order chi connectivity index (χ0) is 20.4. The molecule has 1 heterocycles. The highest BCUT2D eigenvalue weighted by molar-refractivity contribution is 6.07. The molecule has 4 rings (SSSR count). The van der Waals surface area contributed by atoms with Crippen molar-refractivity contribution in [3.05, 3.63) is 65.2 Å². The number of para-hydroxylation sites is 1. The lowest BCUT2D eigenvalue weighted by Crippen LogP contribution is -2.49. The van der Waals surface area contributed by atoms with Crippen LogP contribution in [0.15, 0.2) is 48.5 Å². The number of hydrogen-bond donors (Lipinski definition) is 2. The fourth-order valence-electron chi connectivity index (χ4n) is 4.04. The second-order valence-electron chi connectivity index (χ2n) is 7.91. The van der Waals surface area contributed by atoms with Gasteiger partial charge in [-0.05, 0) is 43.5 Å². The lowest BCUT2D eigenvalue weighted by Gasteiger charge is -2.33. The van der Waals surface area contributed by atoms with Crippen LogP contribution in [-0.2, 0) is 16.0 Å². The Morgan fingerprint density at radius 3 is 2.52 bits per heavy atom. The topological polar surface area (TPSA) is 84.5 Å². The lowest BCUT2D eigenvalue weighted by atomic mass is 9.89. The van der Waals surface area contributed by atoms with Gasteiger partial charge in [-0.1, -0.05) is 43.2 Å². The minimum Gasteiger partial charge on any atom is -0.445 e. The van der Waals surface area contributed by atoms with Crippen molar-refractivity contribution in [2.24, 2.45) is 0 Å². The normalized spacial score (nSPS) is 21.2. The van der Waals surface area contributed by atoms with Crippen molar-refractivity contribution in [1.82, 2.24) is 5.32 Å². The lowest BCUT2D eigenvalue weighted by molar-refractivity contribution is -0.134. The van der Waals surface area contributed by atoms with Crippen molar-refractivity contribution in [3.8, 4) is 0 Å². The molecule has 0 radical (unpaired) electrons. The van der Waals surface area contributed by atoms with Crippen LogP contribution in [0.4, 0.5) is 5.69 Å². The first-order chi connectivity index (χ1) is 14.0. The van der Waals surface area contributed by atoms with E-state index in [9.17, 15) is 14.4 Å². The van der Waals surface area contributed by atoms with Crippen molar-refractivity contribution < 1.29 is 19.1 Å². The summed E-state index contributed by atoms with van der Waals surface area (Å²) in [7, 11) is 0. The second-order valence-corrected chi connectivity index (χ2v) is 7.91. The number of esters is 1. The van der Waals surface area contributed by atoms with Crippen LogP contribution in [-0.4, -0.2) is 29.4 Å². The molecule has 0 saturated heterocycles. The number of fused-ring (bicyclic) bond motifs is 1. The third-order valence-electron chi connectivity index (χ3n) is 5.67. The SMILES string of the molecule is C[C@]1(C(=O)Nc2ccccc2C(=O)NC2CCCC2)Cc2ccccc2C(=O)O1. The van der Waals surface area contributed by atoms with Gasteiger partial charge in [0.15, 0.2) is 5.60 Å². The Balaban J connectivity index is 1.53. The molecule has 1 saturated carbocycles. The summed E-state index contributed by atoms with van der Waals surface area (Å²) in [6, 6.07) is 14.2. The van der Waals surface area contributed by atoms with E-state index in [0.29, 0.717) is 16.8 Å². The first kappa shape index (κ1) is 19.2. The van der Waals surface area contributed by atoms with Gasteiger partial charge in [-0.25, -0.2) is 4.79 Å². The molecule has 0 unspecified atom stereocenters. The fraction of sp³-hybridized carbons (Fsp3) is 0.348. The summed E-state index contributed by atoms with van der Waals surface area (Å²) in [5, 5.41) is 5.84. The van der Waals surface area contributed by atoms with Gasteiger partial charge in [0, 0.05) is 12.5 Å². The number of benzene rings is 2. The standard InChI is InChI=1S/C23H24N2O4/c1-23(14-15-8-2-5-11-17(15)21(27)29-23)22(28)25-19-13-7-6-12-18(19)20(26)24-16-9-3-4-10-16/h2,5-8,11-13,16H,3-4,9-10,14H2,1H3,(H,24,26)(H,25,28)/t23-/m1/s1.